The highest BCUT2D eigenvalue weighted by Crippen LogP contribution is 2.53. The van der Waals surface area contributed by atoms with Crippen molar-refractivity contribution in [2.45, 2.75) is 6.42 Å². The van der Waals surface area contributed by atoms with Gasteiger partial charge in [0.2, 0.25) is 0 Å². The van der Waals surface area contributed by atoms with Gasteiger partial charge in [-0.15, -0.1) is 0 Å². The number of nitro groups is 1. The lowest BCUT2D eigenvalue weighted by molar-refractivity contribution is -0.384. The summed E-state index contributed by atoms with van der Waals surface area (Å²) >= 11 is 5.44. The summed E-state index contributed by atoms with van der Waals surface area (Å²) in [5, 5.41) is 14.5. The second-order valence-corrected chi connectivity index (χ2v) is 7.16. The van der Waals surface area contributed by atoms with E-state index in [1.807, 2.05) is 0 Å². The van der Waals surface area contributed by atoms with Crippen LogP contribution in [0.15, 0.2) is 24.3 Å². The number of hydrogen-bond acceptors (Lipinski definition) is 5. The number of non-ortho nitro benzene ring substituents is 1. The Bertz CT molecular complexity index is 392. The molecule has 0 amide bonds. The van der Waals surface area contributed by atoms with Crippen LogP contribution in [0.1, 0.15) is 6.42 Å². The van der Waals surface area contributed by atoms with Crippen LogP contribution in [0.4, 0.5) is 5.69 Å². The molecule has 16 heavy (non-hydrogen) atoms. The van der Waals surface area contributed by atoms with Crippen molar-refractivity contribution in [3.05, 3.63) is 34.4 Å². The van der Waals surface area contributed by atoms with Gasteiger partial charge >= 0.3 is 0 Å². The minimum Gasteiger partial charge on any atom is -0.500 e. The van der Waals surface area contributed by atoms with Gasteiger partial charge in [0.15, 0.2) is 0 Å². The van der Waals surface area contributed by atoms with E-state index in [9.17, 15) is 10.1 Å². The van der Waals surface area contributed by atoms with E-state index in [0.717, 1.165) is 18.3 Å². The van der Waals surface area contributed by atoms with E-state index in [2.05, 4.69) is 5.09 Å². The van der Waals surface area contributed by atoms with E-state index < -0.39 is 11.8 Å². The maximum absolute atomic E-state index is 10.5. The van der Waals surface area contributed by atoms with E-state index in [1.165, 1.54) is 12.1 Å². The van der Waals surface area contributed by atoms with E-state index in [-0.39, 0.29) is 5.69 Å². The molecule has 1 saturated heterocycles. The lowest BCUT2D eigenvalue weighted by Crippen LogP contribution is -2.31. The summed E-state index contributed by atoms with van der Waals surface area (Å²) in [5.41, 5.74) is 0.0716. The number of benzene rings is 1. The molecule has 1 N–H and O–H groups in total. The van der Waals surface area contributed by atoms with Crippen LogP contribution < -0.4 is 10.4 Å². The highest BCUT2D eigenvalue weighted by molar-refractivity contribution is 8.42. The van der Waals surface area contributed by atoms with E-state index >= 15 is 0 Å². The molecular formula is C9H11N2O3PS. The third kappa shape index (κ3) is 2.35. The summed E-state index contributed by atoms with van der Waals surface area (Å²) in [6.45, 7) is -0.660. The molecule has 7 heteroatoms. The SMILES string of the molecule is O=[N+]([O-])c1ccc([P+]2([S-])NCCCO2)cc1. The summed E-state index contributed by atoms with van der Waals surface area (Å²) in [6, 6.07) is 6.28. The first-order chi connectivity index (χ1) is 7.62. The number of nitro benzene ring substituents is 1. The van der Waals surface area contributed by atoms with Gasteiger partial charge in [0.1, 0.15) is 12.1 Å². The van der Waals surface area contributed by atoms with Crippen LogP contribution in [0.25, 0.3) is 0 Å². The smallest absolute Gasteiger partial charge is 0.269 e. The minimum absolute atomic E-state index is 0.0716. The molecule has 86 valence electrons. The predicted octanol–water partition coefficient (Wildman–Crippen LogP) is 1.54. The van der Waals surface area contributed by atoms with Gasteiger partial charge in [0.05, 0.1) is 11.5 Å². The molecule has 1 aromatic rings. The second kappa shape index (κ2) is 4.67. The van der Waals surface area contributed by atoms with Gasteiger partial charge in [0.25, 0.3) is 5.69 Å². The molecule has 0 aromatic heterocycles. The molecule has 0 aliphatic carbocycles. The Hall–Kier alpha value is -0.680. The lowest BCUT2D eigenvalue weighted by Gasteiger charge is -2.34. The predicted molar refractivity (Wildman–Crippen MR) is 65.6 cm³/mol. The molecule has 0 spiro atoms. The van der Waals surface area contributed by atoms with Gasteiger partial charge in [-0.1, -0.05) is 0 Å². The lowest BCUT2D eigenvalue weighted by atomic mass is 10.3. The van der Waals surface area contributed by atoms with Crippen molar-refractivity contribution in [2.75, 3.05) is 13.2 Å². The van der Waals surface area contributed by atoms with Crippen LogP contribution >= 0.6 is 6.84 Å². The van der Waals surface area contributed by atoms with Crippen LogP contribution in [0.2, 0.25) is 0 Å². The molecule has 2 rings (SSSR count). The van der Waals surface area contributed by atoms with Crippen molar-refractivity contribution in [2.24, 2.45) is 0 Å². The van der Waals surface area contributed by atoms with Crippen molar-refractivity contribution in [3.63, 3.8) is 0 Å². The fraction of sp³-hybridized carbons (Fsp3) is 0.333. The van der Waals surface area contributed by atoms with Gasteiger partial charge in [-0.05, 0) is 18.6 Å². The molecule has 1 aromatic carbocycles. The molecule has 0 bridgehead atoms. The molecule has 1 unspecified atom stereocenters. The zero-order valence-corrected chi connectivity index (χ0v) is 10.2. The number of hydrogen-bond donors (Lipinski definition) is 1. The van der Waals surface area contributed by atoms with Gasteiger partial charge in [0, 0.05) is 18.7 Å². The topological polar surface area (TPSA) is 64.4 Å². The summed E-state index contributed by atoms with van der Waals surface area (Å²) in [7, 11) is 0. The van der Waals surface area contributed by atoms with Crippen molar-refractivity contribution < 1.29 is 9.45 Å². The molecule has 1 aliphatic heterocycles. The number of rotatable bonds is 2. The summed E-state index contributed by atoms with van der Waals surface area (Å²) in [4.78, 5) is 10.1. The minimum atomic E-state index is -2.16. The molecule has 1 atom stereocenters. The average Bonchev–Trinajstić information content (AvgIpc) is 2.30. The molecular weight excluding hydrogens is 247 g/mol. The first-order valence-corrected chi connectivity index (χ1v) is 7.58. The standard InChI is InChI=1S/C9H11N2O3PS/c12-11(13)8-2-4-9(5-3-8)15(16)10-6-1-7-14-15/h2-5H,1,6-7H2,(H,10,16). The molecule has 1 heterocycles. The van der Waals surface area contributed by atoms with E-state index in [1.54, 1.807) is 12.1 Å². The number of nitrogens with zero attached hydrogens (tertiary/aromatic N) is 1. The fourth-order valence-corrected chi connectivity index (χ4v) is 4.14. The normalized spacial score (nSPS) is 25.3. The molecule has 1 aliphatic rings. The van der Waals surface area contributed by atoms with Gasteiger partial charge in [-0.3, -0.25) is 10.1 Å². The third-order valence-corrected chi connectivity index (χ3v) is 5.81. The summed E-state index contributed by atoms with van der Waals surface area (Å²) < 4.78 is 5.60. The van der Waals surface area contributed by atoms with E-state index in [4.69, 9.17) is 16.8 Å². The Labute approximate surface area is 99.0 Å². The largest absolute Gasteiger partial charge is 0.500 e. The summed E-state index contributed by atoms with van der Waals surface area (Å²) in [5.74, 6) is 0. The average molecular weight is 258 g/mol. The zero-order valence-electron chi connectivity index (χ0n) is 8.46. The van der Waals surface area contributed by atoms with Crippen LogP contribution in [0, 0.1) is 10.1 Å². The monoisotopic (exact) mass is 258 g/mol. The van der Waals surface area contributed by atoms with Crippen molar-refractivity contribution in [1.29, 1.82) is 0 Å². The first-order valence-electron chi connectivity index (χ1n) is 4.86. The van der Waals surface area contributed by atoms with Crippen LogP contribution in [-0.4, -0.2) is 18.1 Å². The summed E-state index contributed by atoms with van der Waals surface area (Å²) in [6.07, 6.45) is 0.950. The van der Waals surface area contributed by atoms with Gasteiger partial charge in [-0.25, -0.2) is 4.52 Å². The fourth-order valence-electron chi connectivity index (χ4n) is 1.47. The molecule has 5 nitrogen and oxygen atoms in total. The zero-order chi connectivity index (χ0) is 11.6. The Morgan fingerprint density at radius 3 is 2.62 bits per heavy atom. The van der Waals surface area contributed by atoms with Crippen LogP contribution in [0.3, 0.4) is 0 Å². The Balaban J connectivity index is 2.23. The molecule has 0 saturated carbocycles. The maximum Gasteiger partial charge on any atom is 0.269 e. The van der Waals surface area contributed by atoms with Crippen molar-refractivity contribution >= 4 is 30.1 Å². The Kier molecular flexibility index (Phi) is 3.44. The van der Waals surface area contributed by atoms with Crippen LogP contribution in [0.5, 0.6) is 0 Å². The number of nitrogens with one attached hydrogen (secondary N) is 1. The maximum atomic E-state index is 10.5. The second-order valence-electron chi connectivity index (χ2n) is 3.42. The first kappa shape index (κ1) is 11.8. The quantitative estimate of drug-likeness (QED) is 0.377. The Morgan fingerprint density at radius 1 is 1.44 bits per heavy atom. The van der Waals surface area contributed by atoms with Gasteiger partial charge in [-0.2, -0.15) is 5.09 Å². The van der Waals surface area contributed by atoms with Crippen molar-refractivity contribution in [3.8, 4) is 0 Å². The molecule has 1 fully saturated rings. The van der Waals surface area contributed by atoms with Crippen LogP contribution in [-0.2, 0) is 16.8 Å². The van der Waals surface area contributed by atoms with Crippen molar-refractivity contribution in [1.82, 2.24) is 5.09 Å². The molecule has 0 radical (unpaired) electrons. The third-order valence-electron chi connectivity index (χ3n) is 2.31. The van der Waals surface area contributed by atoms with E-state index in [0.29, 0.717) is 6.61 Å². The van der Waals surface area contributed by atoms with Gasteiger partial charge < -0.3 is 12.2 Å². The highest BCUT2D eigenvalue weighted by Gasteiger charge is 2.31. The Morgan fingerprint density at radius 2 is 2.12 bits per heavy atom. The highest BCUT2D eigenvalue weighted by atomic mass is 32.7.